The molecule has 0 atom stereocenters. The van der Waals surface area contributed by atoms with Crippen molar-refractivity contribution in [1.82, 2.24) is 0 Å². The van der Waals surface area contributed by atoms with Crippen molar-refractivity contribution in [2.24, 2.45) is 0 Å². The van der Waals surface area contributed by atoms with E-state index in [2.05, 4.69) is 26.5 Å². The Kier molecular flexibility index (Phi) is 6.69. The molecular formula is C17H18Cl2. The van der Waals surface area contributed by atoms with Crippen molar-refractivity contribution in [1.29, 1.82) is 0 Å². The molecule has 0 aromatic heterocycles. The molecular weight excluding hydrogens is 275 g/mol. The molecule has 0 amide bonds. The maximum Gasteiger partial charge on any atom is 0.0478 e. The average Bonchev–Trinajstić information content (AvgIpc) is 2.40. The number of halogens is 2. The lowest BCUT2D eigenvalue weighted by Crippen LogP contribution is -1.86. The van der Waals surface area contributed by atoms with Crippen LogP contribution in [0, 0.1) is 0 Å². The van der Waals surface area contributed by atoms with Crippen LogP contribution < -0.4 is 0 Å². The Morgan fingerprint density at radius 3 is 1.79 bits per heavy atom. The van der Waals surface area contributed by atoms with E-state index in [0.717, 1.165) is 15.6 Å². The van der Waals surface area contributed by atoms with E-state index in [4.69, 9.17) is 23.2 Å². The summed E-state index contributed by atoms with van der Waals surface area (Å²) in [6, 6.07) is 15.6. The first kappa shape index (κ1) is 15.8. The van der Waals surface area contributed by atoms with Crippen LogP contribution in [0.4, 0.5) is 0 Å². The van der Waals surface area contributed by atoms with Gasteiger partial charge in [-0.25, -0.2) is 0 Å². The molecule has 2 aromatic rings. The first-order valence-electron chi connectivity index (χ1n) is 6.17. The van der Waals surface area contributed by atoms with Crippen molar-refractivity contribution in [2.45, 2.75) is 19.8 Å². The summed E-state index contributed by atoms with van der Waals surface area (Å²) in [7, 11) is 0. The van der Waals surface area contributed by atoms with E-state index in [1.165, 1.54) is 5.56 Å². The Morgan fingerprint density at radius 2 is 1.42 bits per heavy atom. The monoisotopic (exact) mass is 292 g/mol. The van der Waals surface area contributed by atoms with Gasteiger partial charge in [0.25, 0.3) is 0 Å². The second-order valence-electron chi connectivity index (χ2n) is 4.40. The Hall–Kier alpha value is -1.24. The van der Waals surface area contributed by atoms with E-state index in [9.17, 15) is 0 Å². The quantitative estimate of drug-likeness (QED) is 0.597. The van der Waals surface area contributed by atoms with Crippen LogP contribution in [0.15, 0.2) is 55.1 Å². The molecule has 0 aliphatic carbocycles. The SMILES string of the molecule is C=Cc1ccccc1Cl.CC(C)c1ccccc1Cl. The van der Waals surface area contributed by atoms with Gasteiger partial charge < -0.3 is 0 Å². The van der Waals surface area contributed by atoms with Crippen LogP contribution >= 0.6 is 23.2 Å². The Morgan fingerprint density at radius 1 is 0.895 bits per heavy atom. The maximum atomic E-state index is 5.92. The molecule has 0 radical (unpaired) electrons. The van der Waals surface area contributed by atoms with Gasteiger partial charge in [-0.15, -0.1) is 0 Å². The highest BCUT2D eigenvalue weighted by atomic mass is 35.5. The Balaban J connectivity index is 0.000000191. The lowest BCUT2D eigenvalue weighted by Gasteiger charge is -2.05. The van der Waals surface area contributed by atoms with Crippen LogP contribution in [0.25, 0.3) is 6.08 Å². The molecule has 0 heterocycles. The highest BCUT2D eigenvalue weighted by Gasteiger charge is 2.01. The summed E-state index contributed by atoms with van der Waals surface area (Å²) in [4.78, 5) is 0. The number of hydrogen-bond donors (Lipinski definition) is 0. The zero-order chi connectivity index (χ0) is 14.3. The van der Waals surface area contributed by atoms with Gasteiger partial charge in [-0.2, -0.15) is 0 Å². The predicted octanol–water partition coefficient (Wildman–Crippen LogP) is 6.45. The Bertz CT molecular complexity index is 530. The van der Waals surface area contributed by atoms with Crippen molar-refractivity contribution in [3.8, 4) is 0 Å². The van der Waals surface area contributed by atoms with Gasteiger partial charge in [-0.1, -0.05) is 86.1 Å². The topological polar surface area (TPSA) is 0 Å². The molecule has 2 heteroatoms. The first-order valence-corrected chi connectivity index (χ1v) is 6.93. The van der Waals surface area contributed by atoms with Crippen LogP contribution in [0.3, 0.4) is 0 Å². The van der Waals surface area contributed by atoms with Crippen LogP contribution in [0.1, 0.15) is 30.9 Å². The molecule has 0 unspecified atom stereocenters. The van der Waals surface area contributed by atoms with Crippen molar-refractivity contribution in [2.75, 3.05) is 0 Å². The zero-order valence-corrected chi connectivity index (χ0v) is 12.7. The molecule has 100 valence electrons. The second-order valence-corrected chi connectivity index (χ2v) is 5.22. The van der Waals surface area contributed by atoms with Crippen LogP contribution in [-0.4, -0.2) is 0 Å². The lowest BCUT2D eigenvalue weighted by molar-refractivity contribution is 0.867. The molecule has 0 saturated carbocycles. The van der Waals surface area contributed by atoms with Crippen LogP contribution in [0.2, 0.25) is 10.0 Å². The van der Waals surface area contributed by atoms with E-state index in [-0.39, 0.29) is 0 Å². The summed E-state index contributed by atoms with van der Waals surface area (Å²) in [6.45, 7) is 7.89. The molecule has 0 N–H and O–H groups in total. The molecule has 0 bridgehead atoms. The summed E-state index contributed by atoms with van der Waals surface area (Å²) in [5, 5.41) is 1.63. The van der Waals surface area contributed by atoms with Gasteiger partial charge in [-0.05, 0) is 29.2 Å². The zero-order valence-electron chi connectivity index (χ0n) is 11.2. The van der Waals surface area contributed by atoms with E-state index in [0.29, 0.717) is 5.92 Å². The standard InChI is InChI=1S/C9H11Cl.C8H7Cl/c1-7(2)8-5-3-4-6-9(8)10;1-2-7-5-3-4-6-8(7)9/h3-7H,1-2H3;2-6H,1H2. The molecule has 0 aliphatic rings. The smallest absolute Gasteiger partial charge is 0.0478 e. The highest BCUT2D eigenvalue weighted by molar-refractivity contribution is 6.32. The van der Waals surface area contributed by atoms with Gasteiger partial charge in [0.2, 0.25) is 0 Å². The van der Waals surface area contributed by atoms with Crippen LogP contribution in [0.5, 0.6) is 0 Å². The fourth-order valence-corrected chi connectivity index (χ4v) is 2.15. The number of hydrogen-bond acceptors (Lipinski definition) is 0. The Labute approximate surface area is 125 Å². The van der Waals surface area contributed by atoms with Crippen molar-refractivity contribution < 1.29 is 0 Å². The fourth-order valence-electron chi connectivity index (χ4n) is 1.58. The van der Waals surface area contributed by atoms with E-state index in [1.807, 2.05) is 42.5 Å². The third-order valence-electron chi connectivity index (χ3n) is 2.65. The van der Waals surface area contributed by atoms with Crippen molar-refractivity contribution >= 4 is 29.3 Å². The van der Waals surface area contributed by atoms with Crippen LogP contribution in [-0.2, 0) is 0 Å². The molecule has 19 heavy (non-hydrogen) atoms. The number of benzene rings is 2. The van der Waals surface area contributed by atoms with Crippen molar-refractivity contribution in [3.63, 3.8) is 0 Å². The second kappa shape index (κ2) is 8.04. The van der Waals surface area contributed by atoms with E-state index >= 15 is 0 Å². The third kappa shape index (κ3) is 5.10. The van der Waals surface area contributed by atoms with E-state index in [1.54, 1.807) is 6.08 Å². The molecule has 0 spiro atoms. The molecule has 0 saturated heterocycles. The average molecular weight is 293 g/mol. The molecule has 0 fully saturated rings. The normalized spacial score (nSPS) is 9.74. The van der Waals surface area contributed by atoms with Gasteiger partial charge >= 0.3 is 0 Å². The van der Waals surface area contributed by atoms with Gasteiger partial charge in [0.05, 0.1) is 0 Å². The predicted molar refractivity (Wildman–Crippen MR) is 87.1 cm³/mol. The lowest BCUT2D eigenvalue weighted by atomic mass is 10.0. The van der Waals surface area contributed by atoms with Gasteiger partial charge in [0.1, 0.15) is 0 Å². The molecule has 2 rings (SSSR count). The molecule has 2 aromatic carbocycles. The summed E-state index contributed by atoms with van der Waals surface area (Å²) >= 11 is 11.7. The minimum atomic E-state index is 0.522. The third-order valence-corrected chi connectivity index (χ3v) is 3.34. The van der Waals surface area contributed by atoms with Crippen molar-refractivity contribution in [3.05, 3.63) is 76.3 Å². The maximum absolute atomic E-state index is 5.92. The number of rotatable bonds is 2. The first-order chi connectivity index (χ1) is 9.06. The summed E-state index contributed by atoms with van der Waals surface area (Å²) in [5.74, 6) is 0.522. The summed E-state index contributed by atoms with van der Waals surface area (Å²) in [5.41, 5.74) is 2.21. The van der Waals surface area contributed by atoms with E-state index < -0.39 is 0 Å². The van der Waals surface area contributed by atoms with Gasteiger partial charge in [0, 0.05) is 10.0 Å². The van der Waals surface area contributed by atoms with Gasteiger partial charge in [-0.3, -0.25) is 0 Å². The highest BCUT2D eigenvalue weighted by Crippen LogP contribution is 2.22. The summed E-state index contributed by atoms with van der Waals surface area (Å²) < 4.78 is 0. The largest absolute Gasteiger partial charge is 0.0984 e. The minimum absolute atomic E-state index is 0.522. The fraction of sp³-hybridized carbons (Fsp3) is 0.176. The minimum Gasteiger partial charge on any atom is -0.0984 e. The molecule has 0 aliphatic heterocycles. The van der Waals surface area contributed by atoms with Gasteiger partial charge in [0.15, 0.2) is 0 Å². The molecule has 0 nitrogen and oxygen atoms in total. The summed E-state index contributed by atoms with van der Waals surface area (Å²) in [6.07, 6.45) is 1.74.